The lowest BCUT2D eigenvalue weighted by molar-refractivity contribution is -0.118. The first-order valence-electron chi connectivity index (χ1n) is 7.63. The van der Waals surface area contributed by atoms with Gasteiger partial charge in [0.2, 0.25) is 11.8 Å². The molecule has 2 heterocycles. The van der Waals surface area contributed by atoms with Gasteiger partial charge in [0.25, 0.3) is 0 Å². The summed E-state index contributed by atoms with van der Waals surface area (Å²) in [7, 11) is 1.58. The third-order valence-corrected chi connectivity index (χ3v) is 4.03. The van der Waals surface area contributed by atoms with Crippen molar-refractivity contribution in [3.63, 3.8) is 0 Å². The fourth-order valence-corrected chi connectivity index (χ4v) is 2.74. The number of ether oxygens (including phenoxy) is 1. The number of benzene rings is 1. The molecule has 1 amide bonds. The number of rotatable bonds is 5. The fraction of sp³-hybridized carbons (Fsp3) is 0.353. The van der Waals surface area contributed by atoms with Crippen LogP contribution in [0.5, 0.6) is 5.88 Å². The molecular formula is C17H20N4O2. The van der Waals surface area contributed by atoms with Crippen LogP contribution in [0.2, 0.25) is 0 Å². The van der Waals surface area contributed by atoms with Gasteiger partial charge in [-0.1, -0.05) is 17.7 Å². The molecule has 2 aromatic rings. The van der Waals surface area contributed by atoms with Crippen molar-refractivity contribution in [1.82, 2.24) is 15.3 Å². The first-order chi connectivity index (χ1) is 11.2. The molecule has 0 spiro atoms. The molecule has 1 aromatic carbocycles. The number of amides is 1. The zero-order valence-corrected chi connectivity index (χ0v) is 13.3. The molecule has 1 fully saturated rings. The van der Waals surface area contributed by atoms with Crippen LogP contribution in [0.25, 0.3) is 0 Å². The zero-order chi connectivity index (χ0) is 16.2. The molecule has 1 aliphatic rings. The molecular weight excluding hydrogens is 292 g/mol. The Hall–Kier alpha value is -2.47. The highest BCUT2D eigenvalue weighted by Crippen LogP contribution is 2.22. The summed E-state index contributed by atoms with van der Waals surface area (Å²) in [4.78, 5) is 22.5. The second kappa shape index (κ2) is 6.75. The molecule has 1 aromatic heterocycles. The molecule has 120 valence electrons. The summed E-state index contributed by atoms with van der Waals surface area (Å²) in [5.41, 5.74) is 2.98. The minimum atomic E-state index is -0.193. The smallest absolute Gasteiger partial charge is 0.244 e. The number of methoxy groups -OCH3 is 1. The van der Waals surface area contributed by atoms with Crippen molar-refractivity contribution in [1.29, 1.82) is 0 Å². The average Bonchev–Trinajstić information content (AvgIpc) is 2.95. The molecule has 0 radical (unpaired) electrons. The maximum Gasteiger partial charge on any atom is 0.244 e. The molecule has 1 N–H and O–H groups in total. The number of nitrogens with one attached hydrogen (secondary N) is 1. The summed E-state index contributed by atoms with van der Waals surface area (Å²) in [6, 6.07) is 7.83. The van der Waals surface area contributed by atoms with E-state index in [9.17, 15) is 4.79 Å². The Labute approximate surface area is 135 Å². The molecule has 6 heteroatoms. The van der Waals surface area contributed by atoms with Gasteiger partial charge in [0, 0.05) is 30.5 Å². The Bertz CT molecular complexity index is 687. The standard InChI is InChI=1S/C17H20N4O2/c1-12-3-5-14(6-4-12)21-8-7-15(17(21)22)19-10-13-9-18-11-20-16(13)23-2/h3-6,9,11,15,19H,7-8,10H2,1-2H3. The molecule has 1 saturated heterocycles. The predicted octanol–water partition coefficient (Wildman–Crippen LogP) is 1.69. The minimum absolute atomic E-state index is 0.102. The summed E-state index contributed by atoms with van der Waals surface area (Å²) in [6.07, 6.45) is 3.93. The topological polar surface area (TPSA) is 67.4 Å². The van der Waals surface area contributed by atoms with Crippen LogP contribution < -0.4 is 15.0 Å². The van der Waals surface area contributed by atoms with Crippen LogP contribution in [-0.2, 0) is 11.3 Å². The van der Waals surface area contributed by atoms with Gasteiger partial charge in [0.15, 0.2) is 0 Å². The normalized spacial score (nSPS) is 17.6. The van der Waals surface area contributed by atoms with E-state index in [0.717, 1.165) is 24.2 Å². The highest BCUT2D eigenvalue weighted by Gasteiger charge is 2.32. The number of carbonyl (C=O) groups excluding carboxylic acids is 1. The first kappa shape index (κ1) is 15.4. The first-order valence-corrected chi connectivity index (χ1v) is 7.63. The van der Waals surface area contributed by atoms with Gasteiger partial charge in [0.05, 0.1) is 13.2 Å². The summed E-state index contributed by atoms with van der Waals surface area (Å²) >= 11 is 0. The molecule has 6 nitrogen and oxygen atoms in total. The molecule has 0 aliphatic carbocycles. The maximum absolute atomic E-state index is 12.6. The van der Waals surface area contributed by atoms with Crippen molar-refractivity contribution in [2.75, 3.05) is 18.6 Å². The summed E-state index contributed by atoms with van der Waals surface area (Å²) < 4.78 is 5.20. The van der Waals surface area contributed by atoms with Gasteiger partial charge in [-0.05, 0) is 25.5 Å². The Kier molecular flexibility index (Phi) is 4.52. The maximum atomic E-state index is 12.6. The monoisotopic (exact) mass is 312 g/mol. The van der Waals surface area contributed by atoms with E-state index in [1.807, 2.05) is 36.1 Å². The second-order valence-corrected chi connectivity index (χ2v) is 5.60. The third kappa shape index (κ3) is 3.32. The Morgan fingerprint density at radius 2 is 2.13 bits per heavy atom. The van der Waals surface area contributed by atoms with Crippen molar-refractivity contribution in [2.45, 2.75) is 25.9 Å². The molecule has 1 atom stereocenters. The Morgan fingerprint density at radius 1 is 1.35 bits per heavy atom. The number of aromatic nitrogens is 2. The molecule has 23 heavy (non-hydrogen) atoms. The lowest BCUT2D eigenvalue weighted by Crippen LogP contribution is -2.38. The summed E-state index contributed by atoms with van der Waals surface area (Å²) in [5.74, 6) is 0.637. The van der Waals surface area contributed by atoms with Gasteiger partial charge in [-0.2, -0.15) is 0 Å². The SMILES string of the molecule is COc1ncncc1CNC1CCN(c2ccc(C)cc2)C1=O. The van der Waals surface area contributed by atoms with E-state index in [2.05, 4.69) is 15.3 Å². The van der Waals surface area contributed by atoms with Gasteiger partial charge in [-0.25, -0.2) is 9.97 Å². The van der Waals surface area contributed by atoms with E-state index in [0.29, 0.717) is 12.4 Å². The predicted molar refractivity (Wildman–Crippen MR) is 87.4 cm³/mol. The molecule has 0 bridgehead atoms. The van der Waals surface area contributed by atoms with Crippen LogP contribution in [0.15, 0.2) is 36.8 Å². The van der Waals surface area contributed by atoms with Crippen molar-refractivity contribution >= 4 is 11.6 Å². The quantitative estimate of drug-likeness (QED) is 0.910. The molecule has 0 saturated carbocycles. The third-order valence-electron chi connectivity index (χ3n) is 4.03. The van der Waals surface area contributed by atoms with Gasteiger partial charge in [-0.3, -0.25) is 4.79 Å². The zero-order valence-electron chi connectivity index (χ0n) is 13.3. The van der Waals surface area contributed by atoms with Gasteiger partial charge in [-0.15, -0.1) is 0 Å². The van der Waals surface area contributed by atoms with E-state index in [-0.39, 0.29) is 11.9 Å². The largest absolute Gasteiger partial charge is 0.481 e. The highest BCUT2D eigenvalue weighted by atomic mass is 16.5. The van der Waals surface area contributed by atoms with Crippen molar-refractivity contribution < 1.29 is 9.53 Å². The number of anilines is 1. The number of hydrogen-bond donors (Lipinski definition) is 1. The van der Waals surface area contributed by atoms with E-state index < -0.39 is 0 Å². The fourth-order valence-electron chi connectivity index (χ4n) is 2.74. The van der Waals surface area contributed by atoms with Gasteiger partial charge < -0.3 is 15.0 Å². The van der Waals surface area contributed by atoms with E-state index in [4.69, 9.17) is 4.74 Å². The highest BCUT2D eigenvalue weighted by molar-refractivity contribution is 5.99. The van der Waals surface area contributed by atoms with Crippen LogP contribution in [0.3, 0.4) is 0 Å². The summed E-state index contributed by atoms with van der Waals surface area (Å²) in [5, 5.41) is 3.28. The Balaban J connectivity index is 1.64. The van der Waals surface area contributed by atoms with Crippen LogP contribution >= 0.6 is 0 Å². The number of hydrogen-bond acceptors (Lipinski definition) is 5. The molecule has 1 unspecified atom stereocenters. The average molecular weight is 312 g/mol. The van der Waals surface area contributed by atoms with E-state index >= 15 is 0 Å². The minimum Gasteiger partial charge on any atom is -0.481 e. The van der Waals surface area contributed by atoms with E-state index in [1.54, 1.807) is 13.3 Å². The lowest BCUT2D eigenvalue weighted by atomic mass is 10.2. The van der Waals surface area contributed by atoms with Crippen molar-refractivity contribution in [3.8, 4) is 5.88 Å². The lowest BCUT2D eigenvalue weighted by Gasteiger charge is -2.17. The van der Waals surface area contributed by atoms with Crippen LogP contribution in [-0.4, -0.2) is 35.6 Å². The van der Waals surface area contributed by atoms with Crippen LogP contribution in [0, 0.1) is 6.92 Å². The van der Waals surface area contributed by atoms with Crippen molar-refractivity contribution in [2.24, 2.45) is 0 Å². The number of carbonyl (C=O) groups is 1. The van der Waals surface area contributed by atoms with Crippen molar-refractivity contribution in [3.05, 3.63) is 47.9 Å². The van der Waals surface area contributed by atoms with E-state index in [1.165, 1.54) is 11.9 Å². The Morgan fingerprint density at radius 3 is 2.87 bits per heavy atom. The second-order valence-electron chi connectivity index (χ2n) is 5.60. The molecule has 3 rings (SSSR count). The summed E-state index contributed by atoms with van der Waals surface area (Å²) in [6.45, 7) is 3.26. The van der Waals surface area contributed by atoms with Gasteiger partial charge >= 0.3 is 0 Å². The van der Waals surface area contributed by atoms with Gasteiger partial charge in [0.1, 0.15) is 6.33 Å². The van der Waals surface area contributed by atoms with Crippen LogP contribution in [0.4, 0.5) is 5.69 Å². The van der Waals surface area contributed by atoms with Crippen LogP contribution in [0.1, 0.15) is 17.5 Å². The molecule has 1 aliphatic heterocycles. The number of nitrogens with zero attached hydrogens (tertiary/aromatic N) is 3. The number of aryl methyl sites for hydroxylation is 1.